The molecule has 126 valence electrons. The molecule has 2 saturated heterocycles. The van der Waals surface area contributed by atoms with E-state index < -0.39 is 30.3 Å². The highest BCUT2D eigenvalue weighted by molar-refractivity contribution is 5.78. The quantitative estimate of drug-likeness (QED) is 0.875. The van der Waals surface area contributed by atoms with Gasteiger partial charge in [0.2, 0.25) is 0 Å². The molecular formula is C15H17F3N2O3. The third-order valence-electron chi connectivity index (χ3n) is 4.54. The number of hydrogen-bond donors (Lipinski definition) is 2. The van der Waals surface area contributed by atoms with Crippen LogP contribution < -0.4 is 5.32 Å². The van der Waals surface area contributed by atoms with Gasteiger partial charge in [-0.3, -0.25) is 0 Å². The van der Waals surface area contributed by atoms with E-state index in [1.54, 1.807) is 12.1 Å². The van der Waals surface area contributed by atoms with Gasteiger partial charge in [-0.1, -0.05) is 12.1 Å². The number of carbonyl (C=O) groups excluding carboxylic acids is 1. The SMILES string of the molecule is O=C1NC(C(F)(F)F)CN1C1(c2ccc(O)cc2)CCOCC1. The standard InChI is InChI=1S/C15H17F3N2O3/c16-15(17,18)12-9-20(13(22)19-12)14(5-7-23-8-6-14)10-1-3-11(21)4-2-10/h1-4,12,21H,5-9H2,(H,19,22). The Morgan fingerprint density at radius 1 is 1.22 bits per heavy atom. The Morgan fingerprint density at radius 2 is 1.83 bits per heavy atom. The lowest BCUT2D eigenvalue weighted by molar-refractivity contribution is -0.151. The molecule has 2 amide bonds. The van der Waals surface area contributed by atoms with E-state index in [0.29, 0.717) is 31.6 Å². The lowest BCUT2D eigenvalue weighted by Gasteiger charge is -2.44. The number of aromatic hydroxyl groups is 1. The van der Waals surface area contributed by atoms with Gasteiger partial charge in [0.05, 0.1) is 12.1 Å². The molecule has 0 radical (unpaired) electrons. The first-order valence-electron chi connectivity index (χ1n) is 7.35. The normalized spacial score (nSPS) is 24.6. The van der Waals surface area contributed by atoms with Gasteiger partial charge < -0.3 is 20.1 Å². The molecule has 1 aromatic carbocycles. The highest BCUT2D eigenvalue weighted by Gasteiger charge is 2.53. The van der Waals surface area contributed by atoms with Crippen molar-refractivity contribution in [2.24, 2.45) is 0 Å². The van der Waals surface area contributed by atoms with Crippen LogP contribution in [0.3, 0.4) is 0 Å². The minimum atomic E-state index is -4.48. The van der Waals surface area contributed by atoms with Crippen LogP contribution in [0.25, 0.3) is 0 Å². The predicted octanol–water partition coefficient (Wildman–Crippen LogP) is 2.35. The van der Waals surface area contributed by atoms with Crippen LogP contribution >= 0.6 is 0 Å². The van der Waals surface area contributed by atoms with Gasteiger partial charge in [-0.05, 0) is 30.5 Å². The maximum absolute atomic E-state index is 13.0. The molecule has 8 heteroatoms. The molecule has 2 N–H and O–H groups in total. The van der Waals surface area contributed by atoms with Crippen LogP contribution in [-0.4, -0.2) is 48.0 Å². The van der Waals surface area contributed by atoms with Gasteiger partial charge in [0.1, 0.15) is 11.8 Å². The highest BCUT2D eigenvalue weighted by Crippen LogP contribution is 2.41. The molecule has 0 bridgehead atoms. The van der Waals surface area contributed by atoms with Crippen molar-refractivity contribution >= 4 is 6.03 Å². The third-order valence-corrected chi connectivity index (χ3v) is 4.54. The van der Waals surface area contributed by atoms with E-state index >= 15 is 0 Å². The van der Waals surface area contributed by atoms with Crippen molar-refractivity contribution in [2.75, 3.05) is 19.8 Å². The number of hydrogen-bond acceptors (Lipinski definition) is 3. The molecule has 0 spiro atoms. The molecule has 0 aliphatic carbocycles. The van der Waals surface area contributed by atoms with Gasteiger partial charge >= 0.3 is 12.2 Å². The average molecular weight is 330 g/mol. The molecule has 0 saturated carbocycles. The summed E-state index contributed by atoms with van der Waals surface area (Å²) in [6.07, 6.45) is -3.66. The second-order valence-electron chi connectivity index (χ2n) is 5.85. The molecule has 2 aliphatic heterocycles. The molecule has 23 heavy (non-hydrogen) atoms. The number of benzene rings is 1. The zero-order valence-corrected chi connectivity index (χ0v) is 12.3. The van der Waals surface area contributed by atoms with Gasteiger partial charge in [0.15, 0.2) is 0 Å². The van der Waals surface area contributed by atoms with Crippen LogP contribution in [0.1, 0.15) is 18.4 Å². The lowest BCUT2D eigenvalue weighted by atomic mass is 9.81. The van der Waals surface area contributed by atoms with E-state index in [1.165, 1.54) is 17.0 Å². The first-order chi connectivity index (χ1) is 10.8. The van der Waals surface area contributed by atoms with E-state index in [9.17, 15) is 23.1 Å². The Labute approximate surface area is 131 Å². The average Bonchev–Trinajstić information content (AvgIpc) is 2.91. The number of urea groups is 1. The number of carbonyl (C=O) groups is 1. The van der Waals surface area contributed by atoms with E-state index in [2.05, 4.69) is 0 Å². The van der Waals surface area contributed by atoms with Crippen molar-refractivity contribution < 1.29 is 27.8 Å². The Kier molecular flexibility index (Phi) is 3.87. The maximum atomic E-state index is 13.0. The van der Waals surface area contributed by atoms with Crippen molar-refractivity contribution in [3.63, 3.8) is 0 Å². The van der Waals surface area contributed by atoms with Crippen LogP contribution in [0.2, 0.25) is 0 Å². The summed E-state index contributed by atoms with van der Waals surface area (Å²) < 4.78 is 44.2. The van der Waals surface area contributed by atoms with E-state index in [1.807, 2.05) is 5.32 Å². The predicted molar refractivity (Wildman–Crippen MR) is 74.9 cm³/mol. The molecule has 2 heterocycles. The van der Waals surface area contributed by atoms with E-state index in [4.69, 9.17) is 4.74 Å². The fraction of sp³-hybridized carbons (Fsp3) is 0.533. The highest BCUT2D eigenvalue weighted by atomic mass is 19.4. The molecule has 1 atom stereocenters. The Morgan fingerprint density at radius 3 is 2.35 bits per heavy atom. The van der Waals surface area contributed by atoms with Crippen LogP contribution in [0.15, 0.2) is 24.3 Å². The summed E-state index contributed by atoms with van der Waals surface area (Å²) in [6.45, 7) is 0.298. The van der Waals surface area contributed by atoms with Gasteiger partial charge in [-0.15, -0.1) is 0 Å². The number of halogens is 3. The molecule has 0 aromatic heterocycles. The van der Waals surface area contributed by atoms with Crippen LogP contribution in [0.5, 0.6) is 5.75 Å². The van der Waals surface area contributed by atoms with Gasteiger partial charge in [0.25, 0.3) is 0 Å². The second kappa shape index (κ2) is 5.59. The zero-order chi connectivity index (χ0) is 16.7. The van der Waals surface area contributed by atoms with Crippen molar-refractivity contribution in [2.45, 2.75) is 30.6 Å². The summed E-state index contributed by atoms with van der Waals surface area (Å²) in [6, 6.07) is 3.65. The first-order valence-corrected chi connectivity index (χ1v) is 7.35. The van der Waals surface area contributed by atoms with Gasteiger partial charge in [-0.2, -0.15) is 13.2 Å². The fourth-order valence-electron chi connectivity index (χ4n) is 3.29. The van der Waals surface area contributed by atoms with Gasteiger partial charge in [0, 0.05) is 13.2 Å². The fourth-order valence-corrected chi connectivity index (χ4v) is 3.29. The number of nitrogens with one attached hydrogen (secondary N) is 1. The van der Waals surface area contributed by atoms with Crippen LogP contribution in [0, 0.1) is 0 Å². The number of phenols is 1. The second-order valence-corrected chi connectivity index (χ2v) is 5.85. The topological polar surface area (TPSA) is 61.8 Å². The maximum Gasteiger partial charge on any atom is 0.410 e. The molecular weight excluding hydrogens is 313 g/mol. The summed E-state index contributed by atoms with van der Waals surface area (Å²) in [7, 11) is 0. The van der Waals surface area contributed by atoms with Crippen molar-refractivity contribution in [3.05, 3.63) is 29.8 Å². The number of amides is 2. The molecule has 1 unspecified atom stereocenters. The molecule has 3 rings (SSSR count). The number of nitrogens with zero attached hydrogens (tertiary/aromatic N) is 1. The van der Waals surface area contributed by atoms with E-state index in [-0.39, 0.29) is 5.75 Å². The molecule has 1 aromatic rings. The Bertz CT molecular complexity index is 583. The monoisotopic (exact) mass is 330 g/mol. The number of ether oxygens (including phenoxy) is 1. The lowest BCUT2D eigenvalue weighted by Crippen LogP contribution is -2.51. The Hall–Kier alpha value is -1.96. The third kappa shape index (κ3) is 2.83. The smallest absolute Gasteiger partial charge is 0.410 e. The van der Waals surface area contributed by atoms with Crippen molar-refractivity contribution in [1.29, 1.82) is 0 Å². The number of rotatable bonds is 2. The van der Waals surface area contributed by atoms with Crippen molar-refractivity contribution in [3.8, 4) is 5.75 Å². The minimum Gasteiger partial charge on any atom is -0.508 e. The first kappa shape index (κ1) is 15.9. The van der Waals surface area contributed by atoms with Crippen LogP contribution in [-0.2, 0) is 10.3 Å². The molecule has 2 fully saturated rings. The molecule has 5 nitrogen and oxygen atoms in total. The Balaban J connectivity index is 1.96. The zero-order valence-electron chi connectivity index (χ0n) is 12.3. The minimum absolute atomic E-state index is 0.0648. The van der Waals surface area contributed by atoms with E-state index in [0.717, 1.165) is 0 Å². The molecule has 2 aliphatic rings. The summed E-state index contributed by atoms with van der Waals surface area (Å²) in [5, 5.41) is 11.5. The van der Waals surface area contributed by atoms with Crippen LogP contribution in [0.4, 0.5) is 18.0 Å². The summed E-state index contributed by atoms with van der Waals surface area (Å²) in [4.78, 5) is 13.5. The van der Waals surface area contributed by atoms with Gasteiger partial charge in [-0.25, -0.2) is 4.79 Å². The number of alkyl halides is 3. The summed E-state index contributed by atoms with van der Waals surface area (Å²) in [5.74, 6) is 0.0648. The summed E-state index contributed by atoms with van der Waals surface area (Å²) >= 11 is 0. The van der Waals surface area contributed by atoms with Crippen molar-refractivity contribution in [1.82, 2.24) is 10.2 Å². The number of phenolic OH excluding ortho intramolecular Hbond substituents is 1. The summed E-state index contributed by atoms with van der Waals surface area (Å²) in [5.41, 5.74) is -0.146. The largest absolute Gasteiger partial charge is 0.508 e.